The SMILES string of the molecule is COc1cccc2c(CO)c[nH]c12. The second-order valence-corrected chi connectivity index (χ2v) is 2.85. The van der Waals surface area contributed by atoms with Crippen LogP contribution in [0.5, 0.6) is 5.75 Å². The van der Waals surface area contributed by atoms with Crippen LogP contribution in [-0.2, 0) is 6.61 Å². The Hall–Kier alpha value is -1.48. The maximum Gasteiger partial charge on any atom is 0.142 e. The van der Waals surface area contributed by atoms with E-state index in [0.717, 1.165) is 22.2 Å². The maximum absolute atomic E-state index is 9.03. The molecule has 1 heterocycles. The zero-order chi connectivity index (χ0) is 9.26. The number of rotatable bonds is 2. The van der Waals surface area contributed by atoms with Crippen LogP contribution in [0.15, 0.2) is 24.4 Å². The second-order valence-electron chi connectivity index (χ2n) is 2.85. The van der Waals surface area contributed by atoms with Crippen LogP contribution in [-0.4, -0.2) is 17.2 Å². The lowest BCUT2D eigenvalue weighted by Gasteiger charge is -2.00. The molecule has 3 nitrogen and oxygen atoms in total. The van der Waals surface area contributed by atoms with Crippen molar-refractivity contribution in [2.75, 3.05) is 7.11 Å². The van der Waals surface area contributed by atoms with Gasteiger partial charge in [0.25, 0.3) is 0 Å². The highest BCUT2D eigenvalue weighted by atomic mass is 16.5. The molecule has 0 aliphatic carbocycles. The third-order valence-electron chi connectivity index (χ3n) is 2.15. The summed E-state index contributed by atoms with van der Waals surface area (Å²) in [5.74, 6) is 0.803. The Morgan fingerprint density at radius 1 is 1.46 bits per heavy atom. The van der Waals surface area contributed by atoms with Crippen LogP contribution in [0.3, 0.4) is 0 Å². The van der Waals surface area contributed by atoms with E-state index in [1.165, 1.54) is 0 Å². The number of aliphatic hydroxyl groups excluding tert-OH is 1. The number of aromatic amines is 1. The van der Waals surface area contributed by atoms with Gasteiger partial charge in [0, 0.05) is 17.1 Å². The summed E-state index contributed by atoms with van der Waals surface area (Å²) in [5, 5.41) is 10.0. The van der Waals surface area contributed by atoms with Gasteiger partial charge in [-0.05, 0) is 6.07 Å². The molecule has 0 unspecified atom stereocenters. The molecule has 2 N–H and O–H groups in total. The van der Waals surface area contributed by atoms with Crippen LogP contribution in [0, 0.1) is 0 Å². The quantitative estimate of drug-likeness (QED) is 0.732. The topological polar surface area (TPSA) is 45.2 Å². The fraction of sp³-hybridized carbons (Fsp3) is 0.200. The van der Waals surface area contributed by atoms with E-state index in [1.54, 1.807) is 13.3 Å². The fourth-order valence-electron chi connectivity index (χ4n) is 1.49. The van der Waals surface area contributed by atoms with E-state index in [-0.39, 0.29) is 6.61 Å². The predicted octanol–water partition coefficient (Wildman–Crippen LogP) is 1.67. The van der Waals surface area contributed by atoms with Crippen LogP contribution < -0.4 is 4.74 Å². The third kappa shape index (κ3) is 1.17. The van der Waals surface area contributed by atoms with Crippen LogP contribution >= 0.6 is 0 Å². The van der Waals surface area contributed by atoms with Crippen molar-refractivity contribution in [1.82, 2.24) is 4.98 Å². The number of H-pyrrole nitrogens is 1. The van der Waals surface area contributed by atoms with Crippen molar-refractivity contribution in [3.05, 3.63) is 30.0 Å². The summed E-state index contributed by atoms with van der Waals surface area (Å²) in [6, 6.07) is 5.76. The Morgan fingerprint density at radius 3 is 3.00 bits per heavy atom. The molecule has 0 saturated carbocycles. The minimum atomic E-state index is 0.0488. The van der Waals surface area contributed by atoms with E-state index in [2.05, 4.69) is 4.98 Å². The number of methoxy groups -OCH3 is 1. The summed E-state index contributed by atoms with van der Waals surface area (Å²) in [6.45, 7) is 0.0488. The van der Waals surface area contributed by atoms with E-state index in [1.807, 2.05) is 18.2 Å². The van der Waals surface area contributed by atoms with Gasteiger partial charge in [-0.15, -0.1) is 0 Å². The normalized spacial score (nSPS) is 10.6. The third-order valence-corrected chi connectivity index (χ3v) is 2.15. The first kappa shape index (κ1) is 8.13. The standard InChI is InChI=1S/C10H11NO2/c1-13-9-4-2-3-8-7(6-12)5-11-10(8)9/h2-5,11-12H,6H2,1H3. The molecule has 0 fully saturated rings. The number of aliphatic hydroxyl groups is 1. The van der Waals surface area contributed by atoms with Gasteiger partial charge < -0.3 is 14.8 Å². The molecule has 0 aliphatic heterocycles. The van der Waals surface area contributed by atoms with Crippen molar-refractivity contribution >= 4 is 10.9 Å². The Morgan fingerprint density at radius 2 is 2.31 bits per heavy atom. The molecule has 1 aromatic carbocycles. The van der Waals surface area contributed by atoms with Crippen molar-refractivity contribution in [2.24, 2.45) is 0 Å². The average Bonchev–Trinajstić information content (AvgIpc) is 2.60. The molecule has 0 spiro atoms. The van der Waals surface area contributed by atoms with Gasteiger partial charge in [0.05, 0.1) is 19.2 Å². The number of benzene rings is 1. The zero-order valence-electron chi connectivity index (χ0n) is 7.37. The number of aromatic nitrogens is 1. The Labute approximate surface area is 76.0 Å². The Kier molecular flexibility index (Phi) is 1.94. The lowest BCUT2D eigenvalue weighted by Crippen LogP contribution is -1.84. The molecule has 0 bridgehead atoms. The van der Waals surface area contributed by atoms with Crippen LogP contribution in [0.25, 0.3) is 10.9 Å². The molecule has 68 valence electrons. The molecular formula is C10H11NO2. The first-order valence-electron chi connectivity index (χ1n) is 4.10. The summed E-state index contributed by atoms with van der Waals surface area (Å²) in [4.78, 5) is 3.07. The minimum absolute atomic E-state index is 0.0488. The van der Waals surface area contributed by atoms with Crippen LogP contribution in [0.1, 0.15) is 5.56 Å². The summed E-state index contributed by atoms with van der Waals surface area (Å²) < 4.78 is 5.17. The van der Waals surface area contributed by atoms with Gasteiger partial charge in [-0.1, -0.05) is 12.1 Å². The lowest BCUT2D eigenvalue weighted by atomic mass is 10.2. The van der Waals surface area contributed by atoms with E-state index in [4.69, 9.17) is 9.84 Å². The Balaban J connectivity index is 2.72. The van der Waals surface area contributed by atoms with Crippen LogP contribution in [0.4, 0.5) is 0 Å². The van der Waals surface area contributed by atoms with Crippen molar-refractivity contribution < 1.29 is 9.84 Å². The van der Waals surface area contributed by atoms with Crippen molar-refractivity contribution in [1.29, 1.82) is 0 Å². The maximum atomic E-state index is 9.03. The highest BCUT2D eigenvalue weighted by Gasteiger charge is 2.05. The molecule has 3 heteroatoms. The highest BCUT2D eigenvalue weighted by molar-refractivity contribution is 5.88. The van der Waals surface area contributed by atoms with E-state index in [9.17, 15) is 0 Å². The summed E-state index contributed by atoms with van der Waals surface area (Å²) in [7, 11) is 1.63. The zero-order valence-corrected chi connectivity index (χ0v) is 7.37. The van der Waals surface area contributed by atoms with E-state index < -0.39 is 0 Å². The largest absolute Gasteiger partial charge is 0.495 e. The van der Waals surface area contributed by atoms with Gasteiger partial charge in [-0.25, -0.2) is 0 Å². The van der Waals surface area contributed by atoms with Gasteiger partial charge >= 0.3 is 0 Å². The second kappa shape index (κ2) is 3.11. The first-order valence-corrected chi connectivity index (χ1v) is 4.10. The van der Waals surface area contributed by atoms with Crippen molar-refractivity contribution in [3.8, 4) is 5.75 Å². The number of fused-ring (bicyclic) bond motifs is 1. The van der Waals surface area contributed by atoms with Gasteiger partial charge in [-0.2, -0.15) is 0 Å². The van der Waals surface area contributed by atoms with E-state index >= 15 is 0 Å². The molecule has 1 aromatic heterocycles. The summed E-state index contributed by atoms with van der Waals surface area (Å²) in [5.41, 5.74) is 1.84. The smallest absolute Gasteiger partial charge is 0.142 e. The molecule has 0 atom stereocenters. The number of hydrogen-bond donors (Lipinski definition) is 2. The predicted molar refractivity (Wildman–Crippen MR) is 50.8 cm³/mol. The number of hydrogen-bond acceptors (Lipinski definition) is 2. The van der Waals surface area contributed by atoms with Gasteiger partial charge in [-0.3, -0.25) is 0 Å². The lowest BCUT2D eigenvalue weighted by molar-refractivity contribution is 0.283. The molecule has 0 saturated heterocycles. The molecule has 2 rings (SSSR count). The Bertz CT molecular complexity index is 420. The van der Waals surface area contributed by atoms with Gasteiger partial charge in [0.1, 0.15) is 5.75 Å². The number of ether oxygens (including phenoxy) is 1. The highest BCUT2D eigenvalue weighted by Crippen LogP contribution is 2.26. The molecule has 13 heavy (non-hydrogen) atoms. The van der Waals surface area contributed by atoms with Gasteiger partial charge in [0.2, 0.25) is 0 Å². The van der Waals surface area contributed by atoms with Crippen LogP contribution in [0.2, 0.25) is 0 Å². The van der Waals surface area contributed by atoms with E-state index in [0.29, 0.717) is 0 Å². The summed E-state index contributed by atoms with van der Waals surface area (Å²) >= 11 is 0. The molecular weight excluding hydrogens is 166 g/mol. The first-order chi connectivity index (χ1) is 6.36. The number of nitrogens with one attached hydrogen (secondary N) is 1. The molecule has 0 aliphatic rings. The summed E-state index contributed by atoms with van der Waals surface area (Å²) in [6.07, 6.45) is 1.80. The fourth-order valence-corrected chi connectivity index (χ4v) is 1.49. The van der Waals surface area contributed by atoms with Crippen molar-refractivity contribution in [3.63, 3.8) is 0 Å². The molecule has 0 amide bonds. The monoisotopic (exact) mass is 177 g/mol. The average molecular weight is 177 g/mol. The number of para-hydroxylation sites is 1. The minimum Gasteiger partial charge on any atom is -0.495 e. The molecule has 0 radical (unpaired) electrons. The molecule has 2 aromatic rings. The van der Waals surface area contributed by atoms with Crippen molar-refractivity contribution in [2.45, 2.75) is 6.61 Å². The van der Waals surface area contributed by atoms with Gasteiger partial charge in [0.15, 0.2) is 0 Å².